The molecule has 0 saturated carbocycles. The lowest BCUT2D eigenvalue weighted by atomic mass is 10.1. The molecule has 22 heavy (non-hydrogen) atoms. The maximum absolute atomic E-state index is 11.8. The molecule has 1 unspecified atom stereocenters. The van der Waals surface area contributed by atoms with E-state index in [1.807, 2.05) is 6.92 Å². The number of carbonyl (C=O) groups excluding carboxylic acids is 2. The Hall–Kier alpha value is -2.28. The molecule has 0 radical (unpaired) electrons. The van der Waals surface area contributed by atoms with Crippen LogP contribution in [0, 0.1) is 0 Å². The highest BCUT2D eigenvalue weighted by Crippen LogP contribution is 2.27. The van der Waals surface area contributed by atoms with Crippen LogP contribution in [0.4, 0.5) is 0 Å². The maximum atomic E-state index is 11.8. The number of hydrogen-bond acceptors (Lipinski definition) is 5. The Bertz CT molecular complexity index is 520. The van der Waals surface area contributed by atoms with Crippen molar-refractivity contribution >= 4 is 11.8 Å². The van der Waals surface area contributed by atoms with Crippen LogP contribution in [-0.4, -0.2) is 31.6 Å². The third-order valence-corrected chi connectivity index (χ3v) is 3.00. The minimum Gasteiger partial charge on any atom is -0.493 e. The fraction of sp³-hybridized carbons (Fsp3) is 0.467. The molecule has 0 saturated heterocycles. The lowest BCUT2D eigenvalue weighted by molar-refractivity contribution is -0.122. The number of amides is 2. The quantitative estimate of drug-likeness (QED) is 0.606. The van der Waals surface area contributed by atoms with Crippen molar-refractivity contribution in [2.45, 2.75) is 32.4 Å². The zero-order valence-electron chi connectivity index (χ0n) is 12.9. The molecular formula is C15H23N3O4. The van der Waals surface area contributed by atoms with Crippen LogP contribution >= 0.6 is 0 Å². The molecule has 0 aliphatic carbocycles. The highest BCUT2D eigenvalue weighted by atomic mass is 16.5. The van der Waals surface area contributed by atoms with Crippen LogP contribution < -0.4 is 26.3 Å². The van der Waals surface area contributed by atoms with Gasteiger partial charge < -0.3 is 26.3 Å². The molecule has 0 aliphatic rings. The summed E-state index contributed by atoms with van der Waals surface area (Å²) < 4.78 is 10.4. The molecule has 7 nitrogen and oxygen atoms in total. The van der Waals surface area contributed by atoms with Crippen molar-refractivity contribution in [2.75, 3.05) is 13.7 Å². The summed E-state index contributed by atoms with van der Waals surface area (Å²) in [5.74, 6) is 0.128. The summed E-state index contributed by atoms with van der Waals surface area (Å²) in [5.41, 5.74) is 11.6. The van der Waals surface area contributed by atoms with E-state index in [0.717, 1.165) is 12.0 Å². The van der Waals surface area contributed by atoms with Crippen molar-refractivity contribution in [1.29, 1.82) is 0 Å². The first-order chi connectivity index (χ1) is 10.5. The van der Waals surface area contributed by atoms with E-state index in [4.69, 9.17) is 20.9 Å². The Morgan fingerprint density at radius 2 is 2.05 bits per heavy atom. The van der Waals surface area contributed by atoms with Crippen molar-refractivity contribution in [2.24, 2.45) is 11.5 Å². The Labute approximate surface area is 129 Å². The van der Waals surface area contributed by atoms with Crippen LogP contribution in [0.25, 0.3) is 0 Å². The van der Waals surface area contributed by atoms with Gasteiger partial charge in [0.25, 0.3) is 5.91 Å². The molecule has 1 rings (SSSR count). The third kappa shape index (κ3) is 5.61. The summed E-state index contributed by atoms with van der Waals surface area (Å²) >= 11 is 0. The second kappa shape index (κ2) is 8.89. The van der Waals surface area contributed by atoms with E-state index in [1.165, 1.54) is 7.11 Å². The van der Waals surface area contributed by atoms with E-state index in [1.54, 1.807) is 18.2 Å². The Balaban J connectivity index is 2.65. The second-order valence-corrected chi connectivity index (χ2v) is 4.85. The smallest absolute Gasteiger partial charge is 0.255 e. The van der Waals surface area contributed by atoms with Gasteiger partial charge in [0.1, 0.15) is 0 Å². The molecule has 0 heterocycles. The normalized spacial score (nSPS) is 11.6. The van der Waals surface area contributed by atoms with Crippen LogP contribution in [-0.2, 0) is 16.1 Å². The average Bonchev–Trinajstić information content (AvgIpc) is 2.50. The van der Waals surface area contributed by atoms with Crippen LogP contribution in [0.1, 0.15) is 25.3 Å². The molecular weight excluding hydrogens is 286 g/mol. The van der Waals surface area contributed by atoms with Gasteiger partial charge in [-0.05, 0) is 24.1 Å². The molecule has 5 N–H and O–H groups in total. The maximum Gasteiger partial charge on any atom is 0.255 e. The van der Waals surface area contributed by atoms with Gasteiger partial charge in [-0.3, -0.25) is 9.59 Å². The second-order valence-electron chi connectivity index (χ2n) is 4.85. The fourth-order valence-corrected chi connectivity index (χ4v) is 1.85. The lowest BCUT2D eigenvalue weighted by Crippen LogP contribution is -2.40. The van der Waals surface area contributed by atoms with Gasteiger partial charge in [-0.2, -0.15) is 0 Å². The summed E-state index contributed by atoms with van der Waals surface area (Å²) in [7, 11) is 1.49. The highest BCUT2D eigenvalue weighted by molar-refractivity contribution is 5.81. The molecule has 1 aromatic carbocycles. The van der Waals surface area contributed by atoms with E-state index in [-0.39, 0.29) is 12.5 Å². The molecule has 0 aromatic heterocycles. The first-order valence-corrected chi connectivity index (χ1v) is 7.09. The molecule has 0 aliphatic heterocycles. The number of benzene rings is 1. The number of nitrogens with two attached hydrogens (primary N) is 2. The van der Waals surface area contributed by atoms with Crippen molar-refractivity contribution in [3.8, 4) is 11.5 Å². The number of carbonyl (C=O) groups is 2. The number of rotatable bonds is 9. The number of methoxy groups -OCH3 is 1. The minimum atomic E-state index is -0.566. The number of nitrogens with one attached hydrogen (secondary N) is 1. The SMILES string of the molecule is CCCC(N)C(=O)NCc1ccc(OCC(N)=O)c(OC)c1. The van der Waals surface area contributed by atoms with Crippen molar-refractivity contribution in [1.82, 2.24) is 5.32 Å². The highest BCUT2D eigenvalue weighted by Gasteiger charge is 2.12. The van der Waals surface area contributed by atoms with Crippen LogP contribution in [0.3, 0.4) is 0 Å². The molecule has 1 atom stereocenters. The van der Waals surface area contributed by atoms with Gasteiger partial charge in [-0.25, -0.2) is 0 Å². The van der Waals surface area contributed by atoms with Gasteiger partial charge in [0, 0.05) is 6.54 Å². The summed E-state index contributed by atoms with van der Waals surface area (Å²) in [4.78, 5) is 22.5. The van der Waals surface area contributed by atoms with E-state index >= 15 is 0 Å². The minimum absolute atomic E-state index is 0.185. The van der Waals surface area contributed by atoms with Crippen molar-refractivity contribution in [3.63, 3.8) is 0 Å². The monoisotopic (exact) mass is 309 g/mol. The first kappa shape index (κ1) is 17.8. The zero-order chi connectivity index (χ0) is 16.5. The first-order valence-electron chi connectivity index (χ1n) is 7.09. The Morgan fingerprint density at radius 1 is 1.32 bits per heavy atom. The number of primary amides is 1. The molecule has 0 bridgehead atoms. The molecule has 122 valence electrons. The van der Waals surface area contributed by atoms with Gasteiger partial charge in [0.05, 0.1) is 13.2 Å². The molecule has 7 heteroatoms. The molecule has 1 aromatic rings. The van der Waals surface area contributed by atoms with Gasteiger partial charge in [0.2, 0.25) is 5.91 Å². The van der Waals surface area contributed by atoms with Gasteiger partial charge >= 0.3 is 0 Å². The zero-order valence-corrected chi connectivity index (χ0v) is 12.9. The third-order valence-electron chi connectivity index (χ3n) is 3.00. The summed E-state index contributed by atoms with van der Waals surface area (Å²) in [6.45, 7) is 2.09. The standard InChI is InChI=1S/C15H23N3O4/c1-3-4-11(16)15(20)18-8-10-5-6-12(13(7-10)21-2)22-9-14(17)19/h5-7,11H,3-4,8-9,16H2,1-2H3,(H2,17,19)(H,18,20). The van der Waals surface area contributed by atoms with Crippen LogP contribution in [0.5, 0.6) is 11.5 Å². The number of ether oxygens (including phenoxy) is 2. The molecule has 0 spiro atoms. The van der Waals surface area contributed by atoms with E-state index in [9.17, 15) is 9.59 Å². The van der Waals surface area contributed by atoms with Crippen molar-refractivity contribution in [3.05, 3.63) is 23.8 Å². The van der Waals surface area contributed by atoms with Gasteiger partial charge in [-0.15, -0.1) is 0 Å². The predicted octanol–water partition coefficient (Wildman–Crippen LogP) is 0.303. The van der Waals surface area contributed by atoms with Gasteiger partial charge in [0.15, 0.2) is 18.1 Å². The summed E-state index contributed by atoms with van der Waals surface area (Å²) in [6.07, 6.45) is 1.50. The number of hydrogen-bond donors (Lipinski definition) is 3. The largest absolute Gasteiger partial charge is 0.493 e. The van der Waals surface area contributed by atoms with E-state index in [0.29, 0.717) is 24.5 Å². The average molecular weight is 309 g/mol. The molecule has 0 fully saturated rings. The van der Waals surface area contributed by atoms with Crippen molar-refractivity contribution < 1.29 is 19.1 Å². The Morgan fingerprint density at radius 3 is 2.64 bits per heavy atom. The predicted molar refractivity (Wildman–Crippen MR) is 82.4 cm³/mol. The summed E-state index contributed by atoms with van der Waals surface area (Å²) in [6, 6.07) is 4.66. The van der Waals surface area contributed by atoms with E-state index < -0.39 is 11.9 Å². The summed E-state index contributed by atoms with van der Waals surface area (Å²) in [5, 5.41) is 2.77. The Kier molecular flexibility index (Phi) is 7.18. The van der Waals surface area contributed by atoms with E-state index in [2.05, 4.69) is 5.32 Å². The van der Waals surface area contributed by atoms with Gasteiger partial charge in [-0.1, -0.05) is 19.4 Å². The fourth-order valence-electron chi connectivity index (χ4n) is 1.85. The van der Waals surface area contributed by atoms with Crippen LogP contribution in [0.15, 0.2) is 18.2 Å². The lowest BCUT2D eigenvalue weighted by Gasteiger charge is -2.13. The molecule has 2 amide bonds. The van der Waals surface area contributed by atoms with Crippen LogP contribution in [0.2, 0.25) is 0 Å². The topological polar surface area (TPSA) is 117 Å².